The molecule has 1 saturated carbocycles. The highest BCUT2D eigenvalue weighted by Crippen LogP contribution is 2.48. The van der Waals surface area contributed by atoms with E-state index in [1.54, 1.807) is 18.2 Å². The number of nitrogens with one attached hydrogen (secondary N) is 1. The van der Waals surface area contributed by atoms with Crippen LogP contribution in [-0.4, -0.2) is 35.6 Å². The summed E-state index contributed by atoms with van der Waals surface area (Å²) in [5, 5.41) is 11.4. The van der Waals surface area contributed by atoms with Gasteiger partial charge in [0.05, 0.1) is 11.1 Å². The van der Waals surface area contributed by atoms with E-state index in [9.17, 15) is 8.78 Å². The largest absolute Gasteiger partial charge is 0.470 e. The quantitative estimate of drug-likeness (QED) is 0.386. The van der Waals surface area contributed by atoms with Crippen LogP contribution in [0.4, 0.5) is 14.7 Å². The first kappa shape index (κ1) is 20.4. The van der Waals surface area contributed by atoms with Gasteiger partial charge in [-0.1, -0.05) is 29.3 Å². The Labute approximate surface area is 170 Å². The van der Waals surface area contributed by atoms with Gasteiger partial charge in [0.2, 0.25) is 11.8 Å². The van der Waals surface area contributed by atoms with E-state index in [0.29, 0.717) is 21.6 Å². The Morgan fingerprint density at radius 3 is 2.39 bits per heavy atom. The number of rotatable bonds is 7. The predicted molar refractivity (Wildman–Crippen MR) is 106 cm³/mol. The van der Waals surface area contributed by atoms with Crippen LogP contribution < -0.4 is 5.32 Å². The lowest BCUT2D eigenvalue weighted by Gasteiger charge is -2.44. The van der Waals surface area contributed by atoms with Crippen molar-refractivity contribution in [1.29, 1.82) is 0 Å². The number of hydrogen-bond acceptors (Lipinski definition) is 6. The molecule has 1 aromatic carbocycles. The molecule has 0 amide bonds. The van der Waals surface area contributed by atoms with Gasteiger partial charge in [-0.15, -0.1) is 5.10 Å². The Kier molecular flexibility index (Phi) is 6.41. The molecule has 0 saturated heterocycles. The first-order chi connectivity index (χ1) is 13.4. The van der Waals surface area contributed by atoms with Crippen LogP contribution in [0.2, 0.25) is 10.0 Å². The molecule has 1 aliphatic carbocycles. The fraction of sp³-hybridized carbons (Fsp3) is 0.333. The maximum Gasteiger partial charge on any atom is 0.272 e. The van der Waals surface area contributed by atoms with Crippen molar-refractivity contribution in [3.8, 4) is 0 Å². The molecule has 0 unspecified atom stereocenters. The van der Waals surface area contributed by atoms with Gasteiger partial charge in [-0.2, -0.15) is 5.10 Å². The van der Waals surface area contributed by atoms with Crippen molar-refractivity contribution in [2.75, 3.05) is 11.9 Å². The third-order valence-corrected chi connectivity index (χ3v) is 5.04. The number of alkyl halides is 2. The average molecular weight is 428 g/mol. The topological polar surface area (TPSA) is 71.8 Å². The summed E-state index contributed by atoms with van der Waals surface area (Å²) in [5.41, 5.74) is 0.663. The molecular weight excluding hydrogens is 411 g/mol. The fourth-order valence-corrected chi connectivity index (χ4v) is 3.78. The minimum atomic E-state index is -2.64. The van der Waals surface area contributed by atoms with Crippen molar-refractivity contribution in [3.05, 3.63) is 51.8 Å². The lowest BCUT2D eigenvalue weighted by molar-refractivity contribution is 0.0765. The van der Waals surface area contributed by atoms with Crippen LogP contribution in [0.3, 0.4) is 0 Å². The summed E-state index contributed by atoms with van der Waals surface area (Å²) < 4.78 is 29.7. The summed E-state index contributed by atoms with van der Waals surface area (Å²) in [6.45, 7) is 2.39. The number of ether oxygens (including phenoxy) is 1. The maximum atomic E-state index is 12.4. The van der Waals surface area contributed by atoms with Crippen molar-refractivity contribution >= 4 is 41.8 Å². The number of nitrogens with zero attached hydrogens (tertiary/aromatic N) is 4. The molecule has 10 heteroatoms. The molecule has 148 valence electrons. The van der Waals surface area contributed by atoms with Crippen molar-refractivity contribution in [1.82, 2.24) is 9.97 Å². The second-order valence-electron chi connectivity index (χ2n) is 6.20. The minimum absolute atomic E-state index is 0.130. The zero-order valence-corrected chi connectivity index (χ0v) is 16.2. The van der Waals surface area contributed by atoms with Crippen molar-refractivity contribution in [3.63, 3.8) is 0 Å². The molecule has 0 aliphatic heterocycles. The number of anilines is 1. The van der Waals surface area contributed by atoms with Gasteiger partial charge in [-0.25, -0.2) is 18.7 Å². The monoisotopic (exact) mass is 427 g/mol. The molecule has 1 aliphatic rings. The number of hydrogen-bond donors (Lipinski definition) is 1. The molecule has 0 atom stereocenters. The highest BCUT2D eigenvalue weighted by atomic mass is 35.5. The van der Waals surface area contributed by atoms with Crippen LogP contribution in [0.5, 0.6) is 0 Å². The van der Waals surface area contributed by atoms with Crippen LogP contribution >= 0.6 is 23.2 Å². The van der Waals surface area contributed by atoms with Gasteiger partial charge in [-0.3, -0.25) is 0 Å². The summed E-state index contributed by atoms with van der Waals surface area (Å²) in [5.74, 6) is 0.216. The molecule has 1 heterocycles. The van der Waals surface area contributed by atoms with Crippen molar-refractivity contribution in [2.24, 2.45) is 10.2 Å². The Morgan fingerprint density at radius 1 is 1.25 bits per heavy atom. The molecule has 2 aromatic rings. The second kappa shape index (κ2) is 8.79. The molecule has 3 rings (SSSR count). The first-order valence-electron chi connectivity index (χ1n) is 8.45. The molecule has 1 fully saturated rings. The van der Waals surface area contributed by atoms with E-state index in [-0.39, 0.29) is 5.90 Å². The highest BCUT2D eigenvalue weighted by molar-refractivity contribution is 6.36. The number of halogens is 4. The number of benzene rings is 1. The Balaban J connectivity index is 1.81. The third-order valence-electron chi connectivity index (χ3n) is 4.41. The molecule has 1 N–H and O–H groups in total. The van der Waals surface area contributed by atoms with E-state index >= 15 is 0 Å². The van der Waals surface area contributed by atoms with Gasteiger partial charge in [-0.05, 0) is 31.4 Å². The zero-order valence-electron chi connectivity index (χ0n) is 14.7. The van der Waals surface area contributed by atoms with E-state index in [2.05, 4.69) is 32.2 Å². The normalized spacial score (nSPS) is 15.8. The van der Waals surface area contributed by atoms with Crippen LogP contribution in [-0.2, 0) is 10.3 Å². The lowest BCUT2D eigenvalue weighted by atomic mass is 9.72. The minimum Gasteiger partial charge on any atom is -0.470 e. The predicted octanol–water partition coefficient (Wildman–Crippen LogP) is 4.92. The van der Waals surface area contributed by atoms with Crippen LogP contribution in [0.1, 0.15) is 30.4 Å². The van der Waals surface area contributed by atoms with Gasteiger partial charge in [0.1, 0.15) is 0 Å². The Bertz CT molecular complexity index is 853. The molecule has 6 nitrogen and oxygen atoms in total. The molecule has 1 aromatic heterocycles. The fourth-order valence-electron chi connectivity index (χ4n) is 3.02. The van der Waals surface area contributed by atoms with E-state index < -0.39 is 18.6 Å². The second-order valence-corrected chi connectivity index (χ2v) is 7.02. The van der Waals surface area contributed by atoms with E-state index in [0.717, 1.165) is 24.8 Å². The smallest absolute Gasteiger partial charge is 0.272 e. The standard InChI is InChI=1S/C18H17Cl2F2N5O/c1-23-27-16(28-10-14(21)22)11-8-24-17(25-9-11)26-18(6-3-7-18)15-12(19)4-2-5-13(15)20/h2,4-5,8-9,14H,1,3,6-7,10H2,(H,24,25,26)/b27-16-. The van der Waals surface area contributed by atoms with Crippen molar-refractivity contribution in [2.45, 2.75) is 31.2 Å². The summed E-state index contributed by atoms with van der Waals surface area (Å²) in [6.07, 6.45) is 2.83. The van der Waals surface area contributed by atoms with Gasteiger partial charge >= 0.3 is 0 Å². The van der Waals surface area contributed by atoms with Gasteiger partial charge < -0.3 is 10.1 Å². The summed E-state index contributed by atoms with van der Waals surface area (Å²) in [6, 6.07) is 5.37. The molecule has 0 bridgehead atoms. The third kappa shape index (κ3) is 4.39. The van der Waals surface area contributed by atoms with Gasteiger partial charge in [0, 0.05) is 34.7 Å². The molecular formula is C18H17Cl2F2N5O. The van der Waals surface area contributed by atoms with E-state index in [1.807, 2.05) is 0 Å². The first-order valence-corrected chi connectivity index (χ1v) is 9.20. The Hall–Kier alpha value is -2.32. The van der Waals surface area contributed by atoms with Crippen LogP contribution in [0.25, 0.3) is 0 Å². The summed E-state index contributed by atoms with van der Waals surface area (Å²) >= 11 is 12.8. The van der Waals surface area contributed by atoms with E-state index in [1.165, 1.54) is 12.4 Å². The zero-order chi connectivity index (χ0) is 20.1. The van der Waals surface area contributed by atoms with E-state index in [4.69, 9.17) is 27.9 Å². The lowest BCUT2D eigenvalue weighted by Crippen LogP contribution is -2.43. The maximum absolute atomic E-state index is 12.4. The SMILES string of the molecule is C=N/N=C(\OCC(F)F)c1cnc(NC2(c3c(Cl)cccc3Cl)CCC2)nc1. The number of aromatic nitrogens is 2. The van der Waals surface area contributed by atoms with Crippen LogP contribution in [0, 0.1) is 0 Å². The summed E-state index contributed by atoms with van der Waals surface area (Å²) in [7, 11) is 0. The van der Waals surface area contributed by atoms with Crippen LogP contribution in [0.15, 0.2) is 40.8 Å². The van der Waals surface area contributed by atoms with Gasteiger partial charge in [0.25, 0.3) is 6.43 Å². The van der Waals surface area contributed by atoms with Crippen molar-refractivity contribution < 1.29 is 13.5 Å². The molecule has 28 heavy (non-hydrogen) atoms. The molecule has 0 spiro atoms. The Morgan fingerprint density at radius 2 is 1.89 bits per heavy atom. The molecule has 0 radical (unpaired) electrons. The highest BCUT2D eigenvalue weighted by Gasteiger charge is 2.42. The average Bonchev–Trinajstić information content (AvgIpc) is 2.63. The summed E-state index contributed by atoms with van der Waals surface area (Å²) in [4.78, 5) is 8.48. The van der Waals surface area contributed by atoms with Gasteiger partial charge in [0.15, 0.2) is 6.61 Å².